The van der Waals surface area contributed by atoms with Crippen molar-refractivity contribution in [2.24, 2.45) is 0 Å². The number of nitrogens with one attached hydrogen (secondary N) is 1. The Balaban J connectivity index is 2.47. The summed E-state index contributed by atoms with van der Waals surface area (Å²) in [5.74, 6) is -0.232. The molecule has 0 fully saturated rings. The average molecular weight is 278 g/mol. The number of rotatable bonds is 3. The summed E-state index contributed by atoms with van der Waals surface area (Å²) in [6.07, 6.45) is 0. The van der Waals surface area contributed by atoms with Gasteiger partial charge in [0.05, 0.1) is 0 Å². The van der Waals surface area contributed by atoms with Gasteiger partial charge >= 0.3 is 0 Å². The molecular weight excluding hydrogens is 261 g/mol. The smallest absolute Gasteiger partial charge is 0.123 e. The Bertz CT molecular complexity index is 595. The summed E-state index contributed by atoms with van der Waals surface area (Å²) in [6, 6.07) is 10.9. The fourth-order valence-electron chi connectivity index (χ4n) is 2.11. The standard InChI is InChI=1S/C16H17ClFN/c1-10-4-6-13(18)9-15(10)12-5-7-14(11(2)19-3)16(17)8-12/h4-9,11,19H,1-3H3. The lowest BCUT2D eigenvalue weighted by atomic mass is 9.98. The number of halogens is 2. The highest BCUT2D eigenvalue weighted by Gasteiger charge is 2.10. The summed E-state index contributed by atoms with van der Waals surface area (Å²) in [7, 11) is 1.89. The van der Waals surface area contributed by atoms with Gasteiger partial charge in [-0.1, -0.05) is 29.8 Å². The monoisotopic (exact) mass is 277 g/mol. The van der Waals surface area contributed by atoms with E-state index in [4.69, 9.17) is 11.6 Å². The van der Waals surface area contributed by atoms with Crippen LogP contribution in [0.15, 0.2) is 36.4 Å². The molecular formula is C16H17ClFN. The average Bonchev–Trinajstić information content (AvgIpc) is 2.40. The van der Waals surface area contributed by atoms with E-state index in [0.717, 1.165) is 22.3 Å². The molecule has 1 atom stereocenters. The predicted molar refractivity (Wildman–Crippen MR) is 79.1 cm³/mol. The SMILES string of the molecule is CNC(C)c1ccc(-c2cc(F)ccc2C)cc1Cl. The minimum Gasteiger partial charge on any atom is -0.313 e. The third-order valence-corrected chi connectivity index (χ3v) is 3.74. The maximum atomic E-state index is 13.4. The molecule has 0 radical (unpaired) electrons. The highest BCUT2D eigenvalue weighted by atomic mass is 35.5. The molecule has 2 aromatic rings. The Hall–Kier alpha value is -1.38. The molecule has 3 heteroatoms. The van der Waals surface area contributed by atoms with Crippen LogP contribution in [-0.4, -0.2) is 7.05 Å². The van der Waals surface area contributed by atoms with Crippen LogP contribution in [-0.2, 0) is 0 Å². The van der Waals surface area contributed by atoms with Crippen LogP contribution in [0.1, 0.15) is 24.1 Å². The van der Waals surface area contributed by atoms with E-state index in [1.807, 2.05) is 39.1 Å². The van der Waals surface area contributed by atoms with E-state index < -0.39 is 0 Å². The molecule has 1 N–H and O–H groups in total. The molecule has 0 aliphatic carbocycles. The van der Waals surface area contributed by atoms with Crippen LogP contribution in [0.5, 0.6) is 0 Å². The van der Waals surface area contributed by atoms with Gasteiger partial charge in [0.1, 0.15) is 5.82 Å². The van der Waals surface area contributed by atoms with Crippen molar-refractivity contribution in [2.75, 3.05) is 7.05 Å². The molecule has 100 valence electrons. The van der Waals surface area contributed by atoms with E-state index in [9.17, 15) is 4.39 Å². The van der Waals surface area contributed by atoms with Gasteiger partial charge < -0.3 is 5.32 Å². The van der Waals surface area contributed by atoms with Crippen LogP contribution in [0.25, 0.3) is 11.1 Å². The molecule has 0 aliphatic heterocycles. The fraction of sp³-hybridized carbons (Fsp3) is 0.250. The Morgan fingerprint density at radius 3 is 2.53 bits per heavy atom. The van der Waals surface area contributed by atoms with E-state index in [1.54, 1.807) is 12.1 Å². The molecule has 0 amide bonds. The minimum atomic E-state index is -0.232. The van der Waals surface area contributed by atoms with Crippen LogP contribution >= 0.6 is 11.6 Å². The zero-order valence-corrected chi connectivity index (χ0v) is 12.1. The largest absolute Gasteiger partial charge is 0.313 e. The number of aryl methyl sites for hydroxylation is 1. The molecule has 1 unspecified atom stereocenters. The second kappa shape index (κ2) is 5.72. The van der Waals surface area contributed by atoms with Crippen molar-refractivity contribution in [1.82, 2.24) is 5.32 Å². The van der Waals surface area contributed by atoms with Crippen molar-refractivity contribution in [3.05, 3.63) is 58.4 Å². The lowest BCUT2D eigenvalue weighted by Gasteiger charge is -2.14. The van der Waals surface area contributed by atoms with Crippen LogP contribution in [0.4, 0.5) is 4.39 Å². The molecule has 2 rings (SSSR count). The first-order chi connectivity index (χ1) is 9.02. The van der Waals surface area contributed by atoms with E-state index in [1.165, 1.54) is 6.07 Å². The molecule has 0 heterocycles. The highest BCUT2D eigenvalue weighted by molar-refractivity contribution is 6.31. The van der Waals surface area contributed by atoms with Crippen molar-refractivity contribution < 1.29 is 4.39 Å². The predicted octanol–water partition coefficient (Wildman–Crippen LogP) is 4.73. The summed E-state index contributed by atoms with van der Waals surface area (Å²) in [5, 5.41) is 3.85. The van der Waals surface area contributed by atoms with Gasteiger partial charge in [0.25, 0.3) is 0 Å². The van der Waals surface area contributed by atoms with Crippen LogP contribution in [0, 0.1) is 12.7 Å². The lowest BCUT2D eigenvalue weighted by molar-refractivity contribution is 0.628. The van der Waals surface area contributed by atoms with E-state index in [0.29, 0.717) is 5.02 Å². The van der Waals surface area contributed by atoms with Gasteiger partial charge in [0, 0.05) is 11.1 Å². The van der Waals surface area contributed by atoms with Crippen molar-refractivity contribution >= 4 is 11.6 Å². The Kier molecular flexibility index (Phi) is 4.23. The zero-order chi connectivity index (χ0) is 14.0. The van der Waals surface area contributed by atoms with Crippen LogP contribution in [0.2, 0.25) is 5.02 Å². The Morgan fingerprint density at radius 2 is 1.89 bits per heavy atom. The maximum Gasteiger partial charge on any atom is 0.123 e. The molecule has 0 bridgehead atoms. The third-order valence-electron chi connectivity index (χ3n) is 3.41. The van der Waals surface area contributed by atoms with Gasteiger partial charge in [0.15, 0.2) is 0 Å². The van der Waals surface area contributed by atoms with Crippen LogP contribution in [0.3, 0.4) is 0 Å². The number of benzene rings is 2. The molecule has 0 aromatic heterocycles. The first-order valence-corrected chi connectivity index (χ1v) is 6.64. The maximum absolute atomic E-state index is 13.4. The molecule has 19 heavy (non-hydrogen) atoms. The molecule has 1 nitrogen and oxygen atoms in total. The first kappa shape index (κ1) is 14.0. The minimum absolute atomic E-state index is 0.190. The molecule has 2 aromatic carbocycles. The molecule has 0 saturated carbocycles. The summed E-state index contributed by atoms with van der Waals surface area (Å²) >= 11 is 6.31. The number of hydrogen-bond acceptors (Lipinski definition) is 1. The Labute approximate surface area is 118 Å². The number of hydrogen-bond donors (Lipinski definition) is 1. The van der Waals surface area contributed by atoms with Gasteiger partial charge in [-0.2, -0.15) is 0 Å². The second-order valence-electron chi connectivity index (χ2n) is 4.71. The van der Waals surface area contributed by atoms with Crippen LogP contribution < -0.4 is 5.32 Å². The highest BCUT2D eigenvalue weighted by Crippen LogP contribution is 2.30. The summed E-state index contributed by atoms with van der Waals surface area (Å²) in [5.41, 5.74) is 3.90. The lowest BCUT2D eigenvalue weighted by Crippen LogP contribution is -2.12. The van der Waals surface area contributed by atoms with Crippen molar-refractivity contribution in [2.45, 2.75) is 19.9 Å². The molecule has 0 aliphatic rings. The molecule has 0 spiro atoms. The van der Waals surface area contributed by atoms with Crippen molar-refractivity contribution in [1.29, 1.82) is 0 Å². The second-order valence-corrected chi connectivity index (χ2v) is 5.11. The van der Waals surface area contributed by atoms with Gasteiger partial charge in [-0.25, -0.2) is 4.39 Å². The topological polar surface area (TPSA) is 12.0 Å². The van der Waals surface area contributed by atoms with E-state index in [2.05, 4.69) is 5.32 Å². The van der Waals surface area contributed by atoms with Gasteiger partial charge in [-0.05, 0) is 61.3 Å². The summed E-state index contributed by atoms with van der Waals surface area (Å²) < 4.78 is 13.4. The third kappa shape index (κ3) is 2.96. The van der Waals surface area contributed by atoms with Gasteiger partial charge in [-0.15, -0.1) is 0 Å². The normalized spacial score (nSPS) is 12.5. The summed E-state index contributed by atoms with van der Waals surface area (Å²) in [6.45, 7) is 4.02. The zero-order valence-electron chi connectivity index (χ0n) is 11.3. The van der Waals surface area contributed by atoms with Gasteiger partial charge in [-0.3, -0.25) is 0 Å². The van der Waals surface area contributed by atoms with Crippen molar-refractivity contribution in [3.63, 3.8) is 0 Å². The van der Waals surface area contributed by atoms with Gasteiger partial charge in [0.2, 0.25) is 0 Å². The van der Waals surface area contributed by atoms with E-state index in [-0.39, 0.29) is 11.9 Å². The molecule has 0 saturated heterocycles. The van der Waals surface area contributed by atoms with E-state index >= 15 is 0 Å². The van der Waals surface area contributed by atoms with Crippen molar-refractivity contribution in [3.8, 4) is 11.1 Å². The fourth-order valence-corrected chi connectivity index (χ4v) is 2.45. The summed E-state index contributed by atoms with van der Waals surface area (Å²) in [4.78, 5) is 0. The first-order valence-electron chi connectivity index (χ1n) is 6.26. The quantitative estimate of drug-likeness (QED) is 0.855. The Morgan fingerprint density at radius 1 is 1.16 bits per heavy atom.